The predicted molar refractivity (Wildman–Crippen MR) is 84.9 cm³/mol. The summed E-state index contributed by atoms with van der Waals surface area (Å²) in [5, 5.41) is 13.5. The molecule has 1 fully saturated rings. The molecule has 6 nitrogen and oxygen atoms in total. The van der Waals surface area contributed by atoms with Gasteiger partial charge < -0.3 is 5.11 Å². The molecule has 0 amide bonds. The van der Waals surface area contributed by atoms with Crippen LogP contribution in [0.2, 0.25) is 0 Å². The SMILES string of the molecule is O=C(O)c1cccnc1-n1ccc(CN2CCC(F)(F)CC2)n1.[NaH]. The summed E-state index contributed by atoms with van der Waals surface area (Å²) < 4.78 is 27.7. The van der Waals surface area contributed by atoms with Gasteiger partial charge in [0, 0.05) is 44.9 Å². The molecule has 1 aliphatic rings. The van der Waals surface area contributed by atoms with Gasteiger partial charge in [-0.25, -0.2) is 23.2 Å². The normalized spacial score (nSPS) is 17.2. The topological polar surface area (TPSA) is 71.2 Å². The number of halogens is 2. The molecule has 1 saturated heterocycles. The Balaban J connectivity index is 0.00000208. The van der Waals surface area contributed by atoms with Crippen LogP contribution < -0.4 is 0 Å². The van der Waals surface area contributed by atoms with E-state index in [0.717, 1.165) is 0 Å². The number of aromatic nitrogens is 3. The first-order valence-corrected chi connectivity index (χ1v) is 7.28. The van der Waals surface area contributed by atoms with Gasteiger partial charge in [-0.1, -0.05) is 0 Å². The Labute approximate surface area is 159 Å². The Morgan fingerprint density at radius 3 is 2.67 bits per heavy atom. The first-order valence-electron chi connectivity index (χ1n) is 7.28. The summed E-state index contributed by atoms with van der Waals surface area (Å²) in [5.41, 5.74) is 0.747. The van der Waals surface area contributed by atoms with Crippen LogP contribution in [0.25, 0.3) is 5.82 Å². The molecule has 124 valence electrons. The number of rotatable bonds is 4. The van der Waals surface area contributed by atoms with Crippen molar-refractivity contribution in [1.29, 1.82) is 0 Å². The van der Waals surface area contributed by atoms with Crippen molar-refractivity contribution in [2.45, 2.75) is 25.3 Å². The molecule has 0 saturated carbocycles. The van der Waals surface area contributed by atoms with E-state index in [9.17, 15) is 18.7 Å². The van der Waals surface area contributed by atoms with E-state index in [1.54, 1.807) is 18.3 Å². The van der Waals surface area contributed by atoms with Crippen molar-refractivity contribution in [3.63, 3.8) is 0 Å². The third-order valence-corrected chi connectivity index (χ3v) is 3.85. The molecule has 1 aliphatic heterocycles. The van der Waals surface area contributed by atoms with Gasteiger partial charge in [0.05, 0.1) is 5.69 Å². The predicted octanol–water partition coefficient (Wildman–Crippen LogP) is 1.55. The van der Waals surface area contributed by atoms with E-state index in [1.807, 2.05) is 4.90 Å². The zero-order valence-electron chi connectivity index (χ0n) is 12.3. The summed E-state index contributed by atoms with van der Waals surface area (Å²) in [6, 6.07) is 4.75. The second-order valence-electron chi connectivity index (χ2n) is 5.56. The maximum atomic E-state index is 13.2. The monoisotopic (exact) mass is 346 g/mol. The van der Waals surface area contributed by atoms with Crippen molar-refractivity contribution in [3.8, 4) is 5.82 Å². The van der Waals surface area contributed by atoms with Crippen LogP contribution in [0.4, 0.5) is 8.78 Å². The zero-order chi connectivity index (χ0) is 16.4. The molecule has 0 bridgehead atoms. The van der Waals surface area contributed by atoms with Crippen molar-refractivity contribution in [2.75, 3.05) is 13.1 Å². The molecular weight excluding hydrogens is 329 g/mol. The number of nitrogens with zero attached hydrogens (tertiary/aromatic N) is 4. The van der Waals surface area contributed by atoms with Crippen LogP contribution in [0.15, 0.2) is 30.6 Å². The number of pyridine rings is 1. The van der Waals surface area contributed by atoms with E-state index in [-0.39, 0.29) is 53.8 Å². The summed E-state index contributed by atoms with van der Waals surface area (Å²) in [4.78, 5) is 17.2. The molecule has 0 aliphatic carbocycles. The van der Waals surface area contributed by atoms with Crippen molar-refractivity contribution in [3.05, 3.63) is 41.9 Å². The second kappa shape index (κ2) is 7.69. The molecular formula is C15H17F2N4NaO2. The molecule has 2 aromatic rings. The molecule has 9 heteroatoms. The molecule has 24 heavy (non-hydrogen) atoms. The quantitative estimate of drug-likeness (QED) is 0.851. The third-order valence-electron chi connectivity index (χ3n) is 3.85. The molecule has 3 heterocycles. The Morgan fingerprint density at radius 2 is 2.00 bits per heavy atom. The van der Waals surface area contributed by atoms with Gasteiger partial charge in [0.15, 0.2) is 5.82 Å². The first-order chi connectivity index (χ1) is 10.9. The third kappa shape index (κ3) is 4.38. The van der Waals surface area contributed by atoms with Crippen LogP contribution in [-0.2, 0) is 6.54 Å². The molecule has 0 unspecified atom stereocenters. The van der Waals surface area contributed by atoms with Crippen molar-refractivity contribution in [1.82, 2.24) is 19.7 Å². The van der Waals surface area contributed by atoms with E-state index in [0.29, 0.717) is 25.3 Å². The number of carbonyl (C=O) groups is 1. The molecule has 0 aromatic carbocycles. The van der Waals surface area contributed by atoms with E-state index in [1.165, 1.54) is 16.9 Å². The number of alkyl halides is 2. The fourth-order valence-corrected chi connectivity index (χ4v) is 2.58. The summed E-state index contributed by atoms with van der Waals surface area (Å²) in [6.45, 7) is 1.10. The number of piperidine rings is 1. The van der Waals surface area contributed by atoms with Gasteiger partial charge in [-0.05, 0) is 18.2 Å². The van der Waals surface area contributed by atoms with Gasteiger partial charge in [-0.3, -0.25) is 4.90 Å². The first kappa shape index (κ1) is 19.0. The van der Waals surface area contributed by atoms with Crippen LogP contribution in [0.5, 0.6) is 0 Å². The fourth-order valence-electron chi connectivity index (χ4n) is 2.58. The fraction of sp³-hybridized carbons (Fsp3) is 0.400. The average Bonchev–Trinajstić information content (AvgIpc) is 2.98. The Morgan fingerprint density at radius 1 is 1.29 bits per heavy atom. The van der Waals surface area contributed by atoms with Gasteiger partial charge in [-0.15, -0.1) is 0 Å². The van der Waals surface area contributed by atoms with Crippen molar-refractivity contribution in [2.24, 2.45) is 0 Å². The van der Waals surface area contributed by atoms with Gasteiger partial charge in [0.1, 0.15) is 5.56 Å². The maximum absolute atomic E-state index is 13.2. The number of likely N-dealkylation sites (tertiary alicyclic amines) is 1. The number of aromatic carboxylic acids is 1. The summed E-state index contributed by atoms with van der Waals surface area (Å²) in [7, 11) is 0. The average molecular weight is 346 g/mol. The summed E-state index contributed by atoms with van der Waals surface area (Å²) in [6.07, 6.45) is 2.84. The van der Waals surface area contributed by atoms with Crippen LogP contribution in [0, 0.1) is 0 Å². The molecule has 3 rings (SSSR count). The second-order valence-corrected chi connectivity index (χ2v) is 5.56. The molecule has 1 N–H and O–H groups in total. The van der Waals surface area contributed by atoms with Crippen LogP contribution in [0.1, 0.15) is 28.9 Å². The molecule has 0 radical (unpaired) electrons. The standard InChI is InChI=1S/C15H16F2N4O2.Na.H/c16-15(17)4-8-20(9-5-15)10-11-3-7-21(19-11)13-12(14(22)23)2-1-6-18-13;;/h1-3,6-7H,4-5,8-10H2,(H,22,23);;. The van der Waals surface area contributed by atoms with Crippen LogP contribution in [0.3, 0.4) is 0 Å². The minimum absolute atomic E-state index is 0. The number of hydrogen-bond donors (Lipinski definition) is 1. The zero-order valence-corrected chi connectivity index (χ0v) is 12.3. The van der Waals surface area contributed by atoms with Crippen LogP contribution in [-0.4, -0.2) is 79.3 Å². The van der Waals surface area contributed by atoms with Crippen LogP contribution >= 0.6 is 0 Å². The Kier molecular flexibility index (Phi) is 6.08. The van der Waals surface area contributed by atoms with Crippen molar-refractivity contribution < 1.29 is 18.7 Å². The summed E-state index contributed by atoms with van der Waals surface area (Å²) >= 11 is 0. The Bertz CT molecular complexity index is 713. The summed E-state index contributed by atoms with van der Waals surface area (Å²) in [5.74, 6) is -3.42. The van der Waals surface area contributed by atoms with Gasteiger partial charge in [0.2, 0.25) is 0 Å². The van der Waals surface area contributed by atoms with E-state index in [2.05, 4.69) is 10.1 Å². The number of hydrogen-bond acceptors (Lipinski definition) is 4. The minimum atomic E-state index is -2.57. The Hall–Kier alpha value is -1.35. The number of carboxylic acid groups (broad SMARTS) is 1. The van der Waals surface area contributed by atoms with Gasteiger partial charge in [-0.2, -0.15) is 5.10 Å². The number of carboxylic acids is 1. The molecule has 0 atom stereocenters. The van der Waals surface area contributed by atoms with Gasteiger partial charge >= 0.3 is 35.5 Å². The molecule has 2 aromatic heterocycles. The molecule has 0 spiro atoms. The van der Waals surface area contributed by atoms with E-state index >= 15 is 0 Å². The van der Waals surface area contributed by atoms with E-state index < -0.39 is 11.9 Å². The van der Waals surface area contributed by atoms with E-state index in [4.69, 9.17) is 0 Å². The van der Waals surface area contributed by atoms with Gasteiger partial charge in [0.25, 0.3) is 5.92 Å². The van der Waals surface area contributed by atoms with Crippen molar-refractivity contribution >= 4 is 35.5 Å².